The van der Waals surface area contributed by atoms with Crippen molar-refractivity contribution in [1.29, 1.82) is 0 Å². The Morgan fingerprint density at radius 1 is 1.00 bits per heavy atom. The van der Waals surface area contributed by atoms with E-state index in [0.29, 0.717) is 11.4 Å². The predicted molar refractivity (Wildman–Crippen MR) is 111 cm³/mol. The van der Waals surface area contributed by atoms with Gasteiger partial charge in [0.15, 0.2) is 0 Å². The highest BCUT2D eigenvalue weighted by molar-refractivity contribution is 7.89. The van der Waals surface area contributed by atoms with Crippen LogP contribution in [0.25, 0.3) is 0 Å². The van der Waals surface area contributed by atoms with E-state index < -0.39 is 20.9 Å². The molecule has 0 atom stereocenters. The topological polar surface area (TPSA) is 142 Å². The first-order valence-electron chi connectivity index (χ1n) is 9.55. The number of sulfonamides is 1. The summed E-state index contributed by atoms with van der Waals surface area (Å²) in [6.45, 7) is 0. The minimum absolute atomic E-state index is 0.0157. The second-order valence-electron chi connectivity index (χ2n) is 7.41. The van der Waals surface area contributed by atoms with Crippen molar-refractivity contribution in [2.24, 2.45) is 0 Å². The van der Waals surface area contributed by atoms with Crippen molar-refractivity contribution >= 4 is 33.0 Å². The second-order valence-corrected chi connectivity index (χ2v) is 9.12. The van der Waals surface area contributed by atoms with Crippen molar-refractivity contribution in [3.05, 3.63) is 58.1 Å². The molecule has 10 nitrogen and oxygen atoms in total. The third-order valence-electron chi connectivity index (χ3n) is 4.78. The Kier molecular flexibility index (Phi) is 5.31. The molecule has 2 aliphatic carbocycles. The highest BCUT2D eigenvalue weighted by atomic mass is 32.2. The Balaban J connectivity index is 1.39. The minimum atomic E-state index is -3.54. The Morgan fingerprint density at radius 2 is 1.67 bits per heavy atom. The number of hydrogen-bond donors (Lipinski definition) is 4. The van der Waals surface area contributed by atoms with E-state index in [9.17, 15) is 23.3 Å². The summed E-state index contributed by atoms with van der Waals surface area (Å²) in [4.78, 5) is 23.3. The van der Waals surface area contributed by atoms with E-state index >= 15 is 0 Å². The van der Waals surface area contributed by atoms with Crippen molar-refractivity contribution in [2.75, 3.05) is 10.7 Å². The summed E-state index contributed by atoms with van der Waals surface area (Å²) >= 11 is 0. The van der Waals surface area contributed by atoms with Crippen molar-refractivity contribution in [2.45, 2.75) is 42.7 Å². The van der Waals surface area contributed by atoms with E-state index in [1.54, 1.807) is 0 Å². The van der Waals surface area contributed by atoms with E-state index in [1.165, 1.54) is 42.5 Å². The molecule has 2 fully saturated rings. The van der Waals surface area contributed by atoms with Gasteiger partial charge in [-0.25, -0.2) is 13.1 Å². The number of nitro groups is 1. The van der Waals surface area contributed by atoms with Crippen molar-refractivity contribution in [1.82, 2.24) is 10.1 Å². The van der Waals surface area contributed by atoms with Gasteiger partial charge in [-0.05, 0) is 62.1 Å². The Bertz CT molecular complexity index is 1080. The molecule has 0 saturated heterocycles. The van der Waals surface area contributed by atoms with Crippen molar-refractivity contribution in [3.63, 3.8) is 0 Å². The zero-order valence-electron chi connectivity index (χ0n) is 15.9. The quantitative estimate of drug-likeness (QED) is 0.353. The van der Waals surface area contributed by atoms with E-state index in [1.807, 2.05) is 0 Å². The molecule has 4 rings (SSSR count). The first-order chi connectivity index (χ1) is 14.3. The van der Waals surface area contributed by atoms with Crippen molar-refractivity contribution < 1.29 is 18.1 Å². The molecule has 1 amide bonds. The normalized spacial score (nSPS) is 16.0. The van der Waals surface area contributed by atoms with Gasteiger partial charge in [-0.2, -0.15) is 0 Å². The number of anilines is 2. The Labute approximate surface area is 173 Å². The summed E-state index contributed by atoms with van der Waals surface area (Å²) in [5.41, 5.74) is 5.97. The summed E-state index contributed by atoms with van der Waals surface area (Å²) < 4.78 is 26.9. The molecule has 0 unspecified atom stereocenters. The van der Waals surface area contributed by atoms with Crippen LogP contribution in [0.15, 0.2) is 47.4 Å². The highest BCUT2D eigenvalue weighted by Crippen LogP contribution is 2.31. The van der Waals surface area contributed by atoms with Crippen LogP contribution in [0.1, 0.15) is 36.0 Å². The number of benzene rings is 2. The highest BCUT2D eigenvalue weighted by Gasteiger charge is 2.28. The fraction of sp³-hybridized carbons (Fsp3) is 0.316. The molecule has 158 valence electrons. The fourth-order valence-electron chi connectivity index (χ4n) is 2.80. The fourth-order valence-corrected chi connectivity index (χ4v) is 4.11. The lowest BCUT2D eigenvalue weighted by molar-refractivity contribution is -0.384. The van der Waals surface area contributed by atoms with Crippen LogP contribution in [0.4, 0.5) is 17.1 Å². The summed E-state index contributed by atoms with van der Waals surface area (Å²) in [5.74, 6) is -0.553. The van der Waals surface area contributed by atoms with Gasteiger partial charge in [0.05, 0.1) is 15.5 Å². The average molecular weight is 431 g/mol. The first-order valence-corrected chi connectivity index (χ1v) is 11.0. The van der Waals surface area contributed by atoms with E-state index in [0.717, 1.165) is 25.7 Å². The maximum Gasteiger partial charge on any atom is 0.293 e. The SMILES string of the molecule is O=C(NNc1ccc(S(=O)(=O)NC2CC2)cc1)c1ccc(NC2CC2)c([N+](=O)[O-])c1. The molecule has 0 aromatic heterocycles. The average Bonchev–Trinajstić information content (AvgIpc) is 3.64. The Morgan fingerprint density at radius 3 is 2.27 bits per heavy atom. The van der Waals surface area contributed by atoms with Crippen LogP contribution in [0.3, 0.4) is 0 Å². The minimum Gasteiger partial charge on any atom is -0.377 e. The largest absolute Gasteiger partial charge is 0.377 e. The second kappa shape index (κ2) is 7.92. The van der Waals surface area contributed by atoms with Gasteiger partial charge >= 0.3 is 0 Å². The smallest absolute Gasteiger partial charge is 0.293 e. The summed E-state index contributed by atoms with van der Waals surface area (Å²) in [6, 6.07) is 10.4. The Hall–Kier alpha value is -3.18. The molecule has 0 heterocycles. The van der Waals surface area contributed by atoms with Crippen LogP contribution in [-0.2, 0) is 10.0 Å². The monoisotopic (exact) mass is 431 g/mol. The third-order valence-corrected chi connectivity index (χ3v) is 6.31. The zero-order chi connectivity index (χ0) is 21.3. The number of hydrazine groups is 1. The van der Waals surface area contributed by atoms with Crippen LogP contribution in [0.5, 0.6) is 0 Å². The lowest BCUT2D eigenvalue weighted by atomic mass is 10.1. The van der Waals surface area contributed by atoms with Gasteiger partial charge in [-0.3, -0.25) is 25.8 Å². The molecule has 2 aliphatic rings. The molecule has 30 heavy (non-hydrogen) atoms. The molecule has 0 spiro atoms. The molecule has 2 aromatic carbocycles. The van der Waals surface area contributed by atoms with Crippen LogP contribution in [0.2, 0.25) is 0 Å². The molecule has 0 bridgehead atoms. The third kappa shape index (κ3) is 4.86. The molecular weight excluding hydrogens is 410 g/mol. The van der Waals surface area contributed by atoms with Crippen LogP contribution in [0, 0.1) is 10.1 Å². The number of nitrogens with one attached hydrogen (secondary N) is 4. The van der Waals surface area contributed by atoms with Crippen LogP contribution < -0.4 is 20.9 Å². The zero-order valence-corrected chi connectivity index (χ0v) is 16.7. The maximum atomic E-state index is 12.4. The van der Waals surface area contributed by atoms with Gasteiger partial charge < -0.3 is 5.32 Å². The molecule has 4 N–H and O–H groups in total. The van der Waals surface area contributed by atoms with Crippen LogP contribution in [-0.4, -0.2) is 31.3 Å². The van der Waals surface area contributed by atoms with E-state index in [-0.39, 0.29) is 28.2 Å². The lowest BCUT2D eigenvalue weighted by Crippen LogP contribution is -2.29. The number of hydrogen-bond acceptors (Lipinski definition) is 7. The molecule has 2 saturated carbocycles. The molecular formula is C19H21N5O5S. The molecule has 0 radical (unpaired) electrons. The summed E-state index contributed by atoms with van der Waals surface area (Å²) in [5, 5.41) is 14.4. The molecule has 2 aromatic rings. The van der Waals surface area contributed by atoms with Crippen LogP contribution >= 0.6 is 0 Å². The summed E-state index contributed by atoms with van der Waals surface area (Å²) in [6.07, 6.45) is 3.64. The number of carbonyl (C=O) groups is 1. The lowest BCUT2D eigenvalue weighted by Gasteiger charge is -2.11. The van der Waals surface area contributed by atoms with Gasteiger partial charge in [0.1, 0.15) is 5.69 Å². The molecule has 11 heteroatoms. The first kappa shape index (κ1) is 20.1. The summed E-state index contributed by atoms with van der Waals surface area (Å²) in [7, 11) is -3.54. The standard InChI is InChI=1S/C19H21N5O5S/c25-19(12-1-10-17(20-13-2-3-13)18(11-12)24(26)27)22-21-14-6-8-16(9-7-14)30(28,29)23-15-4-5-15/h1,6-11,13,15,20-21,23H,2-5H2,(H,22,25). The van der Waals surface area contributed by atoms with Crippen molar-refractivity contribution in [3.8, 4) is 0 Å². The van der Waals surface area contributed by atoms with Gasteiger partial charge in [0.25, 0.3) is 11.6 Å². The number of amides is 1. The molecule has 0 aliphatic heterocycles. The number of nitro benzene ring substituents is 1. The van der Waals surface area contributed by atoms with Gasteiger partial charge in [0, 0.05) is 23.7 Å². The number of rotatable bonds is 9. The predicted octanol–water partition coefficient (Wildman–Crippen LogP) is 2.37. The van der Waals surface area contributed by atoms with E-state index in [2.05, 4.69) is 20.9 Å². The number of carbonyl (C=O) groups excluding carboxylic acids is 1. The van der Waals surface area contributed by atoms with Gasteiger partial charge in [0.2, 0.25) is 10.0 Å². The van der Waals surface area contributed by atoms with Gasteiger partial charge in [-0.1, -0.05) is 0 Å². The van der Waals surface area contributed by atoms with E-state index in [4.69, 9.17) is 0 Å². The number of nitrogens with zero attached hydrogens (tertiary/aromatic N) is 1. The maximum absolute atomic E-state index is 12.4. The van der Waals surface area contributed by atoms with Gasteiger partial charge in [-0.15, -0.1) is 0 Å².